The monoisotopic (exact) mass is 568 g/mol. The van der Waals surface area contributed by atoms with Crippen LogP contribution in [-0.2, 0) is 13.0 Å². The van der Waals surface area contributed by atoms with Crippen LogP contribution in [0.5, 0.6) is 5.75 Å². The summed E-state index contributed by atoms with van der Waals surface area (Å²) < 4.78 is 42.9. The number of hydrogen-bond acceptors (Lipinski definition) is 4. The number of nitrogens with one attached hydrogen (secondary N) is 1. The highest BCUT2D eigenvalue weighted by atomic mass is 35.5. The molecular weight excluding hydrogens is 541 g/mol. The first kappa shape index (κ1) is 26.5. The minimum atomic E-state index is -4.67. The van der Waals surface area contributed by atoms with Crippen LogP contribution in [-0.4, -0.2) is 34.7 Å². The molecule has 0 atom stereocenters. The molecule has 4 aromatic rings. The van der Waals surface area contributed by atoms with Crippen LogP contribution in [0.25, 0.3) is 5.65 Å². The molecule has 0 unspecified atom stereocenters. The zero-order valence-corrected chi connectivity index (χ0v) is 22.6. The zero-order chi connectivity index (χ0) is 28.1. The van der Waals surface area contributed by atoms with E-state index in [4.69, 9.17) is 11.6 Å². The van der Waals surface area contributed by atoms with Crippen molar-refractivity contribution in [3.63, 3.8) is 0 Å². The second-order valence-corrected chi connectivity index (χ2v) is 11.2. The summed E-state index contributed by atoms with van der Waals surface area (Å²) in [6.07, 6.45) is -0.270. The van der Waals surface area contributed by atoms with Crippen LogP contribution in [0, 0.1) is 5.41 Å². The van der Waals surface area contributed by atoms with Gasteiger partial charge in [0.05, 0.1) is 10.7 Å². The quantitative estimate of drug-likeness (QED) is 0.267. The number of hydrogen-bond donors (Lipinski definition) is 1. The Bertz CT molecular complexity index is 1540. The molecule has 2 aromatic heterocycles. The molecule has 0 bridgehead atoms. The van der Waals surface area contributed by atoms with Gasteiger partial charge in [-0.2, -0.15) is 0 Å². The average molecular weight is 569 g/mol. The van der Waals surface area contributed by atoms with E-state index in [0.29, 0.717) is 35.2 Å². The molecule has 1 spiro atoms. The van der Waals surface area contributed by atoms with Gasteiger partial charge in [-0.3, -0.25) is 9.20 Å². The molecule has 1 saturated carbocycles. The summed E-state index contributed by atoms with van der Waals surface area (Å²) in [5.41, 5.74) is 5.39. The number of anilines is 1. The number of fused-ring (bicyclic) bond motifs is 1. The largest absolute Gasteiger partial charge is 0.573 e. The van der Waals surface area contributed by atoms with Crippen molar-refractivity contribution in [1.29, 1.82) is 0 Å². The average Bonchev–Trinajstić information content (AvgIpc) is 3.24. The summed E-state index contributed by atoms with van der Waals surface area (Å²) in [7, 11) is 0. The third-order valence-corrected chi connectivity index (χ3v) is 8.18. The summed E-state index contributed by atoms with van der Waals surface area (Å²) in [6.45, 7) is 4.29. The van der Waals surface area contributed by atoms with E-state index in [1.807, 2.05) is 19.1 Å². The van der Waals surface area contributed by atoms with E-state index >= 15 is 0 Å². The van der Waals surface area contributed by atoms with Crippen molar-refractivity contribution in [3.05, 3.63) is 94.4 Å². The standard InChI is InChI=1S/C30H28ClF3N4O2/c1-2-25-27(38-16-22(31)7-12-26(38)36-25)28(39)35-15-19-3-8-23(9-4-19)37-17-29(18-37)13-21(14-29)20-5-10-24(11-6-20)40-30(32,33)34/h3-12,16,21H,2,13-15,17-18H2,1H3,(H,35,39). The maximum Gasteiger partial charge on any atom is 0.573 e. The Morgan fingerprint density at radius 1 is 1.07 bits per heavy atom. The van der Waals surface area contributed by atoms with Crippen LogP contribution in [0.4, 0.5) is 18.9 Å². The van der Waals surface area contributed by atoms with E-state index < -0.39 is 6.36 Å². The van der Waals surface area contributed by atoms with Crippen molar-refractivity contribution >= 4 is 28.8 Å². The maximum absolute atomic E-state index is 13.1. The molecule has 6 rings (SSSR count). The van der Waals surface area contributed by atoms with Gasteiger partial charge in [0.1, 0.15) is 17.1 Å². The lowest BCUT2D eigenvalue weighted by Crippen LogP contribution is -2.61. The molecule has 0 radical (unpaired) electrons. The molecule has 6 nitrogen and oxygen atoms in total. The van der Waals surface area contributed by atoms with Gasteiger partial charge in [0.15, 0.2) is 0 Å². The summed E-state index contributed by atoms with van der Waals surface area (Å²) in [5, 5.41) is 3.55. The van der Waals surface area contributed by atoms with E-state index in [2.05, 4.69) is 32.1 Å². The molecule has 40 heavy (non-hydrogen) atoms. The number of carbonyl (C=O) groups excluding carboxylic acids is 1. The highest BCUT2D eigenvalue weighted by Gasteiger charge is 2.52. The summed E-state index contributed by atoms with van der Waals surface area (Å²) in [5.74, 6) is -0.0123. The predicted octanol–water partition coefficient (Wildman–Crippen LogP) is 6.76. The first-order valence-electron chi connectivity index (χ1n) is 13.3. The normalized spacial score (nSPS) is 16.6. The Hall–Kier alpha value is -3.72. The number of carbonyl (C=O) groups is 1. The van der Waals surface area contributed by atoms with Gasteiger partial charge < -0.3 is 15.0 Å². The van der Waals surface area contributed by atoms with Crippen LogP contribution in [0.15, 0.2) is 66.9 Å². The smallest absolute Gasteiger partial charge is 0.406 e. The Kier molecular flexibility index (Phi) is 6.65. The topological polar surface area (TPSA) is 58.9 Å². The third-order valence-electron chi connectivity index (χ3n) is 7.96. The van der Waals surface area contributed by atoms with Crippen molar-refractivity contribution in [2.24, 2.45) is 5.41 Å². The fraction of sp³-hybridized carbons (Fsp3) is 0.333. The molecule has 2 aromatic carbocycles. The first-order chi connectivity index (χ1) is 19.1. The Morgan fingerprint density at radius 2 is 1.77 bits per heavy atom. The van der Waals surface area contributed by atoms with Crippen LogP contribution in [0.3, 0.4) is 0 Å². The number of imidazole rings is 1. The van der Waals surface area contributed by atoms with Crippen molar-refractivity contribution in [2.45, 2.75) is 45.0 Å². The molecule has 1 saturated heterocycles. The number of benzene rings is 2. The molecule has 1 N–H and O–H groups in total. The predicted molar refractivity (Wildman–Crippen MR) is 147 cm³/mol. The Labute approximate surface area is 234 Å². The highest BCUT2D eigenvalue weighted by Crippen LogP contribution is 2.56. The lowest BCUT2D eigenvalue weighted by atomic mass is 9.56. The lowest BCUT2D eigenvalue weighted by molar-refractivity contribution is -0.274. The fourth-order valence-electron chi connectivity index (χ4n) is 6.01. The second-order valence-electron chi connectivity index (χ2n) is 10.8. The number of aromatic nitrogens is 2. The molecule has 3 heterocycles. The fourth-order valence-corrected chi connectivity index (χ4v) is 6.17. The number of pyridine rings is 1. The van der Waals surface area contributed by atoms with Gasteiger partial charge in [0, 0.05) is 36.9 Å². The molecular formula is C30H28ClF3N4O2. The number of ether oxygens (including phenoxy) is 1. The van der Waals surface area contributed by atoms with E-state index in [9.17, 15) is 18.0 Å². The van der Waals surface area contributed by atoms with Gasteiger partial charge >= 0.3 is 6.36 Å². The molecule has 1 aliphatic heterocycles. The van der Waals surface area contributed by atoms with Crippen LogP contribution in [0.1, 0.15) is 53.0 Å². The van der Waals surface area contributed by atoms with E-state index in [-0.39, 0.29) is 17.1 Å². The molecule has 1 amide bonds. The van der Waals surface area contributed by atoms with E-state index in [1.54, 1.807) is 34.9 Å². The Balaban J connectivity index is 1.01. The SMILES string of the molecule is CCc1nc2ccc(Cl)cn2c1C(=O)NCc1ccc(N2CC3(CC(c4ccc(OC(F)(F)F)cc4)C3)C2)cc1. The molecule has 1 aliphatic carbocycles. The van der Waals surface area contributed by atoms with Gasteiger partial charge in [-0.25, -0.2) is 4.98 Å². The summed E-state index contributed by atoms with van der Waals surface area (Å²) >= 11 is 6.15. The number of aryl methyl sites for hydroxylation is 1. The lowest BCUT2D eigenvalue weighted by Gasteiger charge is -2.60. The van der Waals surface area contributed by atoms with E-state index in [0.717, 1.165) is 48.4 Å². The van der Waals surface area contributed by atoms with Crippen LogP contribution >= 0.6 is 11.6 Å². The van der Waals surface area contributed by atoms with Crippen molar-refractivity contribution < 1.29 is 22.7 Å². The van der Waals surface area contributed by atoms with Crippen LogP contribution < -0.4 is 15.0 Å². The van der Waals surface area contributed by atoms with Gasteiger partial charge in [0.2, 0.25) is 0 Å². The number of halogens is 4. The third kappa shape index (κ3) is 5.22. The van der Waals surface area contributed by atoms with Gasteiger partial charge in [-0.15, -0.1) is 13.2 Å². The minimum Gasteiger partial charge on any atom is -0.406 e. The van der Waals surface area contributed by atoms with Gasteiger partial charge in [0.25, 0.3) is 5.91 Å². The number of rotatable bonds is 7. The second kappa shape index (κ2) is 10.0. The van der Waals surface area contributed by atoms with E-state index in [1.165, 1.54) is 12.1 Å². The van der Waals surface area contributed by atoms with Crippen molar-refractivity contribution in [2.75, 3.05) is 18.0 Å². The summed E-state index contributed by atoms with van der Waals surface area (Å²) in [4.78, 5) is 19.9. The van der Waals surface area contributed by atoms with Gasteiger partial charge in [-0.1, -0.05) is 42.8 Å². The summed E-state index contributed by atoms with van der Waals surface area (Å²) in [6, 6.07) is 18.0. The van der Waals surface area contributed by atoms with Crippen molar-refractivity contribution in [3.8, 4) is 5.75 Å². The minimum absolute atomic E-state index is 0.186. The highest BCUT2D eigenvalue weighted by molar-refractivity contribution is 6.30. The maximum atomic E-state index is 13.1. The number of nitrogens with zero attached hydrogens (tertiary/aromatic N) is 3. The zero-order valence-electron chi connectivity index (χ0n) is 21.8. The van der Waals surface area contributed by atoms with Gasteiger partial charge in [-0.05, 0) is 72.7 Å². The molecule has 10 heteroatoms. The molecule has 2 aliphatic rings. The van der Waals surface area contributed by atoms with Crippen molar-refractivity contribution in [1.82, 2.24) is 14.7 Å². The first-order valence-corrected chi connectivity index (χ1v) is 13.6. The number of alkyl halides is 3. The van der Waals surface area contributed by atoms with Crippen LogP contribution in [0.2, 0.25) is 5.02 Å². The number of amides is 1. The molecule has 208 valence electrons. The molecule has 2 fully saturated rings. The Morgan fingerprint density at radius 3 is 2.42 bits per heavy atom.